The molecule has 0 aliphatic carbocycles. The normalized spacial score (nSPS) is 10.4. The monoisotopic (exact) mass is 354 g/mol. The molecule has 0 N–H and O–H groups in total. The minimum absolute atomic E-state index is 0.0622. The maximum atomic E-state index is 11.4. The third-order valence-corrected chi connectivity index (χ3v) is 3.34. The van der Waals surface area contributed by atoms with Crippen molar-refractivity contribution in [2.45, 2.75) is 58.3 Å². The first-order valence-corrected chi connectivity index (χ1v) is 8.91. The molecule has 0 aliphatic heterocycles. The van der Waals surface area contributed by atoms with Gasteiger partial charge in [0.15, 0.2) is 0 Å². The molecule has 25 heavy (non-hydrogen) atoms. The lowest BCUT2D eigenvalue weighted by Gasteiger charge is -2.03. The summed E-state index contributed by atoms with van der Waals surface area (Å²) in [6, 6.07) is 0. The van der Waals surface area contributed by atoms with Crippen molar-refractivity contribution in [2.24, 2.45) is 0 Å². The van der Waals surface area contributed by atoms with E-state index in [2.05, 4.69) is 18.2 Å². The smallest absolute Gasteiger partial charge is 0.331 e. The van der Waals surface area contributed by atoms with Gasteiger partial charge in [0.2, 0.25) is 0 Å². The van der Waals surface area contributed by atoms with Crippen LogP contribution < -0.4 is 0 Å². The van der Waals surface area contributed by atoms with Gasteiger partial charge >= 0.3 is 17.9 Å². The molecule has 0 amide bonds. The number of unbranched alkanes of at least 4 members (excludes halogenated alkanes) is 7. The van der Waals surface area contributed by atoms with E-state index in [1.807, 2.05) is 0 Å². The van der Waals surface area contributed by atoms with Crippen LogP contribution in [-0.4, -0.2) is 37.7 Å². The fourth-order valence-corrected chi connectivity index (χ4v) is 1.98. The average Bonchev–Trinajstić information content (AvgIpc) is 2.61. The lowest BCUT2D eigenvalue weighted by Crippen LogP contribution is -2.11. The molecule has 0 radical (unpaired) electrons. The van der Waals surface area contributed by atoms with Gasteiger partial charge in [-0.25, -0.2) is 14.4 Å². The van der Waals surface area contributed by atoms with Crippen molar-refractivity contribution in [2.75, 3.05) is 19.8 Å². The van der Waals surface area contributed by atoms with Gasteiger partial charge in [0.05, 0.1) is 6.61 Å². The quantitative estimate of drug-likeness (QED) is 0.194. The summed E-state index contributed by atoms with van der Waals surface area (Å²) in [5, 5.41) is 0. The molecule has 0 fully saturated rings. The third kappa shape index (κ3) is 16.5. The Hall–Kier alpha value is -2.11. The zero-order valence-corrected chi connectivity index (χ0v) is 15.2. The number of rotatable bonds is 15. The highest BCUT2D eigenvalue weighted by Crippen LogP contribution is 2.08. The molecule has 0 aromatic rings. The fourth-order valence-electron chi connectivity index (χ4n) is 1.98. The van der Waals surface area contributed by atoms with Crippen LogP contribution in [0.4, 0.5) is 0 Å². The fraction of sp³-hybridized carbons (Fsp3) is 0.632. The molecule has 0 heterocycles. The van der Waals surface area contributed by atoms with E-state index in [-0.39, 0.29) is 13.2 Å². The van der Waals surface area contributed by atoms with Crippen molar-refractivity contribution in [1.29, 1.82) is 0 Å². The topological polar surface area (TPSA) is 78.9 Å². The second-order valence-electron chi connectivity index (χ2n) is 5.51. The van der Waals surface area contributed by atoms with Gasteiger partial charge in [-0.3, -0.25) is 0 Å². The molecule has 0 atom stereocenters. The Kier molecular flexibility index (Phi) is 15.3. The van der Waals surface area contributed by atoms with Crippen molar-refractivity contribution in [3.05, 3.63) is 24.8 Å². The van der Waals surface area contributed by atoms with Gasteiger partial charge in [-0.2, -0.15) is 0 Å². The van der Waals surface area contributed by atoms with Crippen molar-refractivity contribution < 1.29 is 28.6 Å². The molecule has 0 aromatic heterocycles. The van der Waals surface area contributed by atoms with Crippen LogP contribution in [0.1, 0.15) is 58.3 Å². The first-order chi connectivity index (χ1) is 12.1. The second kappa shape index (κ2) is 16.7. The van der Waals surface area contributed by atoms with E-state index in [1.165, 1.54) is 32.1 Å². The van der Waals surface area contributed by atoms with Crippen LogP contribution >= 0.6 is 0 Å². The van der Waals surface area contributed by atoms with Gasteiger partial charge in [-0.15, -0.1) is 0 Å². The lowest BCUT2D eigenvalue weighted by atomic mass is 10.1. The zero-order valence-electron chi connectivity index (χ0n) is 15.2. The van der Waals surface area contributed by atoms with Crippen LogP contribution in [0, 0.1) is 0 Å². The van der Waals surface area contributed by atoms with Crippen LogP contribution in [0.25, 0.3) is 0 Å². The molecule has 0 spiro atoms. The van der Waals surface area contributed by atoms with Gasteiger partial charge in [0.1, 0.15) is 13.2 Å². The highest BCUT2D eigenvalue weighted by atomic mass is 16.6. The van der Waals surface area contributed by atoms with Gasteiger partial charge in [-0.1, -0.05) is 58.4 Å². The zero-order chi connectivity index (χ0) is 18.8. The maximum Gasteiger partial charge on any atom is 0.331 e. The Bertz CT molecular complexity index is 428. The molecule has 6 heteroatoms. The Balaban J connectivity index is 3.54. The number of ether oxygens (including phenoxy) is 3. The summed E-state index contributed by atoms with van der Waals surface area (Å²) in [6.45, 7) is 5.63. The molecule has 0 unspecified atom stereocenters. The minimum atomic E-state index is -0.696. The van der Waals surface area contributed by atoms with Crippen molar-refractivity contribution in [1.82, 2.24) is 0 Å². The molecular formula is C19H30O6. The molecule has 142 valence electrons. The van der Waals surface area contributed by atoms with E-state index in [1.54, 1.807) is 0 Å². The Morgan fingerprint density at radius 2 is 1.12 bits per heavy atom. The van der Waals surface area contributed by atoms with E-state index >= 15 is 0 Å². The molecular weight excluding hydrogens is 324 g/mol. The van der Waals surface area contributed by atoms with Gasteiger partial charge < -0.3 is 14.2 Å². The minimum Gasteiger partial charge on any atom is -0.463 e. The van der Waals surface area contributed by atoms with E-state index < -0.39 is 17.9 Å². The summed E-state index contributed by atoms with van der Waals surface area (Å²) >= 11 is 0. The highest BCUT2D eigenvalue weighted by Gasteiger charge is 2.02. The van der Waals surface area contributed by atoms with Crippen LogP contribution in [0.15, 0.2) is 24.8 Å². The first kappa shape index (κ1) is 22.9. The van der Waals surface area contributed by atoms with Crippen LogP contribution in [0.5, 0.6) is 0 Å². The van der Waals surface area contributed by atoms with Crippen LogP contribution in [0.3, 0.4) is 0 Å². The van der Waals surface area contributed by atoms with Crippen molar-refractivity contribution in [3.8, 4) is 0 Å². The van der Waals surface area contributed by atoms with Gasteiger partial charge in [0.25, 0.3) is 0 Å². The maximum absolute atomic E-state index is 11.4. The van der Waals surface area contributed by atoms with Gasteiger partial charge in [-0.05, 0) is 6.42 Å². The summed E-state index contributed by atoms with van der Waals surface area (Å²) in [7, 11) is 0. The summed E-state index contributed by atoms with van der Waals surface area (Å²) in [4.78, 5) is 33.5. The van der Waals surface area contributed by atoms with E-state index in [0.29, 0.717) is 6.61 Å². The van der Waals surface area contributed by atoms with E-state index in [9.17, 15) is 14.4 Å². The van der Waals surface area contributed by atoms with Crippen molar-refractivity contribution in [3.63, 3.8) is 0 Å². The predicted octanol–water partition coefficient (Wildman–Crippen LogP) is 3.50. The molecule has 0 saturated carbocycles. The third-order valence-electron chi connectivity index (χ3n) is 3.34. The number of carbonyl (C=O) groups is 3. The van der Waals surface area contributed by atoms with Crippen molar-refractivity contribution >= 4 is 17.9 Å². The molecule has 0 bridgehead atoms. The van der Waals surface area contributed by atoms with Gasteiger partial charge in [0, 0.05) is 18.2 Å². The van der Waals surface area contributed by atoms with E-state index in [0.717, 1.165) is 37.5 Å². The highest BCUT2D eigenvalue weighted by molar-refractivity contribution is 5.91. The standard InChI is InChI=1S/C19H30O6/c1-3-5-6-7-8-9-10-11-14-23-18(21)12-13-19(22)25-16-15-24-17(20)4-2/h4,12-13H,2-3,5-11,14-16H2,1H3. The summed E-state index contributed by atoms with van der Waals surface area (Å²) in [5.41, 5.74) is 0. The summed E-state index contributed by atoms with van der Waals surface area (Å²) in [6.07, 6.45) is 12.4. The number of hydrogen-bond acceptors (Lipinski definition) is 6. The molecule has 0 rings (SSSR count). The lowest BCUT2D eigenvalue weighted by molar-refractivity contribution is -0.146. The Morgan fingerprint density at radius 1 is 0.680 bits per heavy atom. The van der Waals surface area contributed by atoms with Crippen LogP contribution in [-0.2, 0) is 28.6 Å². The molecule has 0 aromatic carbocycles. The number of hydrogen-bond donors (Lipinski definition) is 0. The number of esters is 3. The first-order valence-electron chi connectivity index (χ1n) is 8.91. The largest absolute Gasteiger partial charge is 0.463 e. The second-order valence-corrected chi connectivity index (χ2v) is 5.51. The molecule has 6 nitrogen and oxygen atoms in total. The predicted molar refractivity (Wildman–Crippen MR) is 94.8 cm³/mol. The number of carbonyl (C=O) groups excluding carboxylic acids is 3. The summed E-state index contributed by atoms with van der Waals surface area (Å²) < 4.78 is 14.4. The van der Waals surface area contributed by atoms with E-state index in [4.69, 9.17) is 9.47 Å². The summed E-state index contributed by atoms with van der Waals surface area (Å²) in [5.74, 6) is -1.85. The Labute approximate surface area is 150 Å². The average molecular weight is 354 g/mol. The van der Waals surface area contributed by atoms with Crippen LogP contribution in [0.2, 0.25) is 0 Å². The Morgan fingerprint density at radius 3 is 1.64 bits per heavy atom. The molecule has 0 aliphatic rings. The molecule has 0 saturated heterocycles. The SMILES string of the molecule is C=CC(=O)OCCOC(=O)C=CC(=O)OCCCCCCCCCC.